The van der Waals surface area contributed by atoms with Crippen LogP contribution in [-0.4, -0.2) is 61.5 Å². The minimum atomic E-state index is -1.12. The highest BCUT2D eigenvalue weighted by Crippen LogP contribution is 2.55. The van der Waals surface area contributed by atoms with Crippen molar-refractivity contribution in [3.05, 3.63) is 35.4 Å². The third-order valence-corrected chi connectivity index (χ3v) is 5.77. The van der Waals surface area contributed by atoms with E-state index in [9.17, 15) is 9.59 Å². The molecule has 3 unspecified atom stereocenters. The normalized spacial score (nSPS) is 27.8. The Morgan fingerprint density at radius 1 is 1.43 bits per heavy atom. The summed E-state index contributed by atoms with van der Waals surface area (Å²) in [5.74, 6) is 0.370. The van der Waals surface area contributed by atoms with Crippen molar-refractivity contribution >= 4 is 12.1 Å². The molecule has 28 heavy (non-hydrogen) atoms. The first-order chi connectivity index (χ1) is 13.4. The van der Waals surface area contributed by atoms with Gasteiger partial charge in [-0.3, -0.25) is 4.79 Å². The van der Waals surface area contributed by atoms with E-state index in [0.29, 0.717) is 12.2 Å². The first-order valence-corrected chi connectivity index (χ1v) is 9.34. The quantitative estimate of drug-likeness (QED) is 0.757. The minimum absolute atomic E-state index is 0.175. The number of ether oxygens (including phenoxy) is 3. The molecule has 8 nitrogen and oxygen atoms in total. The van der Waals surface area contributed by atoms with Crippen molar-refractivity contribution in [3.63, 3.8) is 0 Å². The lowest BCUT2D eigenvalue weighted by Crippen LogP contribution is -2.44. The summed E-state index contributed by atoms with van der Waals surface area (Å²) in [5, 5.41) is 10.9. The zero-order chi connectivity index (χ0) is 19.9. The highest BCUT2D eigenvalue weighted by Gasteiger charge is 2.53. The SMILES string of the molecule is COc1ccc2c3c1OC1CC(OC(=O)NCC(=O)O)C=CC31CCN(C)C2. The Morgan fingerprint density at radius 3 is 3.00 bits per heavy atom. The molecule has 3 atom stereocenters. The molecule has 0 aromatic heterocycles. The average Bonchev–Trinajstić information content (AvgIpc) is 2.92. The third kappa shape index (κ3) is 3.07. The Morgan fingerprint density at radius 2 is 2.25 bits per heavy atom. The number of alkyl carbamates (subject to hydrolysis) is 1. The lowest BCUT2D eigenvalue weighted by atomic mass is 9.69. The maximum Gasteiger partial charge on any atom is 0.408 e. The minimum Gasteiger partial charge on any atom is -0.493 e. The Kier molecular flexibility index (Phi) is 4.66. The molecule has 0 saturated heterocycles. The van der Waals surface area contributed by atoms with Gasteiger partial charge in [-0.15, -0.1) is 0 Å². The molecule has 2 N–H and O–H groups in total. The molecule has 1 aliphatic carbocycles. The number of benzene rings is 1. The topological polar surface area (TPSA) is 97.3 Å². The number of nitrogens with one attached hydrogen (secondary N) is 1. The van der Waals surface area contributed by atoms with Crippen LogP contribution in [-0.2, 0) is 21.5 Å². The van der Waals surface area contributed by atoms with Gasteiger partial charge < -0.3 is 29.5 Å². The number of amides is 1. The first-order valence-electron chi connectivity index (χ1n) is 9.34. The van der Waals surface area contributed by atoms with Crippen LogP contribution in [0.4, 0.5) is 4.79 Å². The predicted molar refractivity (Wildman–Crippen MR) is 99.7 cm³/mol. The van der Waals surface area contributed by atoms with Crippen molar-refractivity contribution in [2.45, 2.75) is 37.0 Å². The zero-order valence-corrected chi connectivity index (χ0v) is 15.9. The average molecular weight is 388 g/mol. The number of methoxy groups -OCH3 is 1. The maximum absolute atomic E-state index is 11.8. The molecule has 0 saturated carbocycles. The van der Waals surface area contributed by atoms with Crippen LogP contribution in [0, 0.1) is 0 Å². The summed E-state index contributed by atoms with van der Waals surface area (Å²) >= 11 is 0. The molecule has 4 rings (SSSR count). The van der Waals surface area contributed by atoms with Crippen molar-refractivity contribution in [1.82, 2.24) is 10.2 Å². The zero-order valence-electron chi connectivity index (χ0n) is 15.9. The molecule has 1 amide bonds. The van der Waals surface area contributed by atoms with Crippen LogP contribution < -0.4 is 14.8 Å². The highest BCUT2D eigenvalue weighted by molar-refractivity contribution is 5.76. The molecule has 2 aliphatic heterocycles. The summed E-state index contributed by atoms with van der Waals surface area (Å²) in [7, 11) is 3.74. The number of aliphatic carboxylic acids is 1. The van der Waals surface area contributed by atoms with E-state index in [0.717, 1.165) is 25.3 Å². The maximum atomic E-state index is 11.8. The van der Waals surface area contributed by atoms with Crippen LogP contribution in [0.15, 0.2) is 24.3 Å². The Labute approximate surface area is 163 Å². The number of rotatable bonds is 4. The summed E-state index contributed by atoms with van der Waals surface area (Å²) in [4.78, 5) is 24.7. The van der Waals surface area contributed by atoms with Gasteiger partial charge in [-0.05, 0) is 37.7 Å². The second-order valence-electron chi connectivity index (χ2n) is 7.55. The van der Waals surface area contributed by atoms with Gasteiger partial charge in [-0.2, -0.15) is 0 Å². The number of carbonyl (C=O) groups is 2. The van der Waals surface area contributed by atoms with Gasteiger partial charge in [-0.25, -0.2) is 4.79 Å². The monoisotopic (exact) mass is 388 g/mol. The van der Waals surface area contributed by atoms with Crippen molar-refractivity contribution in [2.75, 3.05) is 27.2 Å². The molecule has 150 valence electrons. The molecule has 8 heteroatoms. The Bertz CT molecular complexity index is 838. The summed E-state index contributed by atoms with van der Waals surface area (Å²) in [5.41, 5.74) is 2.12. The van der Waals surface area contributed by atoms with Crippen molar-refractivity contribution in [3.8, 4) is 11.5 Å². The molecule has 1 aromatic rings. The van der Waals surface area contributed by atoms with Gasteiger partial charge in [0, 0.05) is 18.5 Å². The summed E-state index contributed by atoms with van der Waals surface area (Å²) in [6.07, 6.45) is 3.99. The van der Waals surface area contributed by atoms with Crippen molar-refractivity contribution < 1.29 is 28.9 Å². The molecule has 0 bridgehead atoms. The molecular formula is C20H24N2O6. The van der Waals surface area contributed by atoms with Gasteiger partial charge >= 0.3 is 12.1 Å². The van der Waals surface area contributed by atoms with Crippen LogP contribution >= 0.6 is 0 Å². The van der Waals surface area contributed by atoms with Gasteiger partial charge in [0.05, 0.1) is 12.5 Å². The van der Waals surface area contributed by atoms with Gasteiger partial charge in [0.2, 0.25) is 0 Å². The second-order valence-corrected chi connectivity index (χ2v) is 7.55. The van der Waals surface area contributed by atoms with Crippen LogP contribution in [0.3, 0.4) is 0 Å². The second kappa shape index (κ2) is 7.01. The van der Waals surface area contributed by atoms with E-state index in [1.54, 1.807) is 7.11 Å². The number of nitrogens with zero attached hydrogens (tertiary/aromatic N) is 1. The number of carbonyl (C=O) groups excluding carboxylic acids is 1. The molecular weight excluding hydrogens is 364 g/mol. The molecule has 1 aromatic carbocycles. The molecule has 2 heterocycles. The molecule has 1 spiro atoms. The number of carboxylic acids is 1. The molecule has 0 fully saturated rings. The predicted octanol–water partition coefficient (Wildman–Crippen LogP) is 1.67. The highest BCUT2D eigenvalue weighted by atomic mass is 16.6. The van der Waals surface area contributed by atoms with Gasteiger partial charge in [0.15, 0.2) is 11.5 Å². The van der Waals surface area contributed by atoms with Crippen LogP contribution in [0.5, 0.6) is 11.5 Å². The summed E-state index contributed by atoms with van der Waals surface area (Å²) in [6.45, 7) is 1.29. The van der Waals surface area contributed by atoms with E-state index in [1.165, 1.54) is 11.1 Å². The van der Waals surface area contributed by atoms with E-state index in [4.69, 9.17) is 19.3 Å². The van der Waals surface area contributed by atoms with Gasteiger partial charge in [0.25, 0.3) is 0 Å². The number of hydrogen-bond acceptors (Lipinski definition) is 6. The van der Waals surface area contributed by atoms with Crippen LogP contribution in [0.25, 0.3) is 0 Å². The van der Waals surface area contributed by atoms with E-state index < -0.39 is 24.7 Å². The fourth-order valence-corrected chi connectivity index (χ4v) is 4.48. The smallest absolute Gasteiger partial charge is 0.408 e. The van der Waals surface area contributed by atoms with E-state index in [-0.39, 0.29) is 11.5 Å². The van der Waals surface area contributed by atoms with Crippen LogP contribution in [0.1, 0.15) is 24.0 Å². The van der Waals surface area contributed by atoms with E-state index >= 15 is 0 Å². The summed E-state index contributed by atoms with van der Waals surface area (Å²) < 4.78 is 17.3. The van der Waals surface area contributed by atoms with Gasteiger partial charge in [-0.1, -0.05) is 12.1 Å². The van der Waals surface area contributed by atoms with E-state index in [2.05, 4.69) is 29.4 Å². The summed E-state index contributed by atoms with van der Waals surface area (Å²) in [6, 6.07) is 4.04. The largest absolute Gasteiger partial charge is 0.493 e. The third-order valence-electron chi connectivity index (χ3n) is 5.77. The standard InChI is InChI=1S/C20H24N2O6/c1-22-8-7-20-6-5-13(27-19(25)21-10-16(23)24)9-15(20)28-18-14(26-2)4-3-12(11-22)17(18)20/h3-6,13,15H,7-11H2,1-2H3,(H,21,25)(H,23,24). The number of hydrogen-bond donors (Lipinski definition) is 2. The Hall–Kier alpha value is -2.74. The molecule has 0 radical (unpaired) electrons. The first kappa shape index (κ1) is 18.6. The fraction of sp³-hybridized carbons (Fsp3) is 0.500. The lowest BCUT2D eigenvalue weighted by Gasteiger charge is -2.36. The van der Waals surface area contributed by atoms with Crippen LogP contribution in [0.2, 0.25) is 0 Å². The van der Waals surface area contributed by atoms with E-state index in [1.807, 2.05) is 12.1 Å². The van der Waals surface area contributed by atoms with Crippen molar-refractivity contribution in [2.24, 2.45) is 0 Å². The lowest BCUT2D eigenvalue weighted by molar-refractivity contribution is -0.135. The molecule has 3 aliphatic rings. The fourth-order valence-electron chi connectivity index (χ4n) is 4.48. The van der Waals surface area contributed by atoms with Gasteiger partial charge in [0.1, 0.15) is 18.8 Å². The van der Waals surface area contributed by atoms with Crippen molar-refractivity contribution in [1.29, 1.82) is 0 Å². The Balaban J connectivity index is 1.62. The number of carboxylic acid groups (broad SMARTS) is 1.